The summed E-state index contributed by atoms with van der Waals surface area (Å²) in [5.41, 5.74) is 0.944. The van der Waals surface area contributed by atoms with Crippen LogP contribution in [0.25, 0.3) is 0 Å². The molecule has 0 bridgehead atoms. The Morgan fingerprint density at radius 2 is 2.18 bits per heavy atom. The van der Waals surface area contributed by atoms with Gasteiger partial charge in [0.05, 0.1) is 11.1 Å². The number of aromatic nitrogens is 1. The average Bonchev–Trinajstić information content (AvgIpc) is 2.39. The van der Waals surface area contributed by atoms with E-state index in [1.807, 2.05) is 11.0 Å². The number of hydrogen-bond acceptors (Lipinski definition) is 3. The highest BCUT2D eigenvalue weighted by Crippen LogP contribution is 2.18. The summed E-state index contributed by atoms with van der Waals surface area (Å²) in [5.74, 6) is 0.684. The number of rotatable bonds is 1. The molecule has 2 heterocycles. The Kier molecular flexibility index (Phi) is 3.38. The summed E-state index contributed by atoms with van der Waals surface area (Å²) in [5, 5.41) is 8.77. The van der Waals surface area contributed by atoms with E-state index < -0.39 is 0 Å². The first-order chi connectivity index (χ1) is 8.20. The highest BCUT2D eigenvalue weighted by Gasteiger charge is 2.21. The number of amides is 1. The van der Waals surface area contributed by atoms with Gasteiger partial charge in [0.1, 0.15) is 6.07 Å². The highest BCUT2D eigenvalue weighted by atomic mass is 16.2. The van der Waals surface area contributed by atoms with Gasteiger partial charge in [-0.3, -0.25) is 9.78 Å². The van der Waals surface area contributed by atoms with Crippen LogP contribution in [-0.4, -0.2) is 28.9 Å². The van der Waals surface area contributed by atoms with Gasteiger partial charge in [0, 0.05) is 25.5 Å². The Hall–Kier alpha value is -1.89. The van der Waals surface area contributed by atoms with E-state index in [0.717, 1.165) is 25.9 Å². The van der Waals surface area contributed by atoms with Gasteiger partial charge in [0.15, 0.2) is 0 Å². The molecule has 0 aliphatic carbocycles. The zero-order valence-corrected chi connectivity index (χ0v) is 9.89. The zero-order chi connectivity index (χ0) is 12.3. The highest BCUT2D eigenvalue weighted by molar-refractivity contribution is 5.94. The number of carbonyl (C=O) groups is 1. The molecule has 88 valence electrons. The maximum absolute atomic E-state index is 12.2. The smallest absolute Gasteiger partial charge is 0.255 e. The second kappa shape index (κ2) is 4.96. The number of hydrogen-bond donors (Lipinski definition) is 0. The molecule has 1 amide bonds. The molecule has 1 aromatic heterocycles. The quantitative estimate of drug-likeness (QED) is 0.738. The number of pyridine rings is 1. The first-order valence-corrected chi connectivity index (χ1v) is 5.85. The van der Waals surface area contributed by atoms with Crippen molar-refractivity contribution in [3.8, 4) is 6.07 Å². The van der Waals surface area contributed by atoms with Crippen LogP contribution in [-0.2, 0) is 0 Å². The molecule has 1 aliphatic rings. The van der Waals surface area contributed by atoms with Crippen LogP contribution in [0.15, 0.2) is 18.5 Å². The Bertz CT molecular complexity index is 456. The molecule has 4 nitrogen and oxygen atoms in total. The van der Waals surface area contributed by atoms with E-state index in [1.54, 1.807) is 6.07 Å². The van der Waals surface area contributed by atoms with Crippen molar-refractivity contribution in [2.24, 2.45) is 5.92 Å². The molecule has 1 saturated heterocycles. The molecule has 1 aliphatic heterocycles. The predicted octanol–water partition coefficient (Wildman–Crippen LogP) is 1.83. The molecule has 0 N–H and O–H groups in total. The number of nitrogens with zero attached hydrogens (tertiary/aromatic N) is 3. The lowest BCUT2D eigenvalue weighted by atomic mass is 9.99. The molecule has 0 radical (unpaired) electrons. The summed E-state index contributed by atoms with van der Waals surface area (Å²) in [4.78, 5) is 17.9. The Balaban J connectivity index is 2.11. The molecule has 4 heteroatoms. The van der Waals surface area contributed by atoms with Crippen molar-refractivity contribution in [2.45, 2.75) is 19.8 Å². The molecule has 17 heavy (non-hydrogen) atoms. The summed E-state index contributed by atoms with van der Waals surface area (Å²) in [7, 11) is 0. The molecule has 1 fully saturated rings. The third-order valence-electron chi connectivity index (χ3n) is 3.19. The minimum Gasteiger partial charge on any atom is -0.339 e. The molecule has 0 unspecified atom stereocenters. The molecule has 0 atom stereocenters. The van der Waals surface area contributed by atoms with E-state index in [9.17, 15) is 4.79 Å². The molecule has 1 aromatic rings. The van der Waals surface area contributed by atoms with Crippen molar-refractivity contribution in [3.05, 3.63) is 29.6 Å². The van der Waals surface area contributed by atoms with Crippen LogP contribution in [0.1, 0.15) is 35.7 Å². The normalized spacial score (nSPS) is 16.6. The monoisotopic (exact) mass is 229 g/mol. The Labute approximate surface area is 101 Å². The van der Waals surface area contributed by atoms with Crippen LogP contribution in [0.5, 0.6) is 0 Å². The average molecular weight is 229 g/mol. The van der Waals surface area contributed by atoms with Crippen LogP contribution in [0, 0.1) is 17.2 Å². The Morgan fingerprint density at radius 3 is 2.82 bits per heavy atom. The number of nitriles is 1. The lowest BCUT2D eigenvalue weighted by Crippen LogP contribution is -2.37. The van der Waals surface area contributed by atoms with Crippen LogP contribution < -0.4 is 0 Å². The SMILES string of the molecule is CC1CCN(C(=O)c2cncc(C#N)c2)CC1. The second-order valence-electron chi connectivity index (χ2n) is 4.55. The van der Waals surface area contributed by atoms with E-state index in [1.165, 1.54) is 12.4 Å². The van der Waals surface area contributed by atoms with Gasteiger partial charge >= 0.3 is 0 Å². The summed E-state index contributed by atoms with van der Waals surface area (Å²) in [6.07, 6.45) is 5.10. The van der Waals surface area contributed by atoms with Gasteiger partial charge < -0.3 is 4.90 Å². The molecule has 0 spiro atoms. The van der Waals surface area contributed by atoms with Crippen molar-refractivity contribution in [1.82, 2.24) is 9.88 Å². The van der Waals surface area contributed by atoms with Crippen LogP contribution in [0.3, 0.4) is 0 Å². The minimum absolute atomic E-state index is 0.0125. The second-order valence-corrected chi connectivity index (χ2v) is 4.55. The number of piperidine rings is 1. The fourth-order valence-electron chi connectivity index (χ4n) is 2.01. The summed E-state index contributed by atoms with van der Waals surface area (Å²) in [6.45, 7) is 3.81. The van der Waals surface area contributed by atoms with E-state index in [0.29, 0.717) is 17.0 Å². The van der Waals surface area contributed by atoms with Gasteiger partial charge in [-0.05, 0) is 24.8 Å². The van der Waals surface area contributed by atoms with Gasteiger partial charge in [-0.25, -0.2) is 0 Å². The maximum atomic E-state index is 12.2. The summed E-state index contributed by atoms with van der Waals surface area (Å²) in [6, 6.07) is 3.60. The minimum atomic E-state index is -0.0125. The summed E-state index contributed by atoms with van der Waals surface area (Å²) >= 11 is 0. The predicted molar refractivity (Wildman–Crippen MR) is 63.3 cm³/mol. The van der Waals surface area contributed by atoms with E-state index in [2.05, 4.69) is 11.9 Å². The lowest BCUT2D eigenvalue weighted by molar-refractivity contribution is 0.0697. The zero-order valence-electron chi connectivity index (χ0n) is 9.89. The van der Waals surface area contributed by atoms with Crippen LogP contribution in [0.4, 0.5) is 0 Å². The van der Waals surface area contributed by atoms with Crippen LogP contribution in [0.2, 0.25) is 0 Å². The third kappa shape index (κ3) is 2.62. The first-order valence-electron chi connectivity index (χ1n) is 5.85. The van der Waals surface area contributed by atoms with Crippen LogP contribution >= 0.6 is 0 Å². The van der Waals surface area contributed by atoms with Gasteiger partial charge in [-0.15, -0.1) is 0 Å². The van der Waals surface area contributed by atoms with Crippen molar-refractivity contribution < 1.29 is 4.79 Å². The van der Waals surface area contributed by atoms with E-state index in [4.69, 9.17) is 5.26 Å². The summed E-state index contributed by atoms with van der Waals surface area (Å²) < 4.78 is 0. The third-order valence-corrected chi connectivity index (χ3v) is 3.19. The lowest BCUT2D eigenvalue weighted by Gasteiger charge is -2.30. The van der Waals surface area contributed by atoms with Gasteiger partial charge in [0.2, 0.25) is 0 Å². The van der Waals surface area contributed by atoms with Gasteiger partial charge in [0.25, 0.3) is 5.91 Å². The van der Waals surface area contributed by atoms with E-state index >= 15 is 0 Å². The van der Waals surface area contributed by atoms with E-state index in [-0.39, 0.29) is 5.91 Å². The van der Waals surface area contributed by atoms with Crippen molar-refractivity contribution >= 4 is 5.91 Å². The van der Waals surface area contributed by atoms with Crippen molar-refractivity contribution in [3.63, 3.8) is 0 Å². The molecule has 0 saturated carbocycles. The van der Waals surface area contributed by atoms with Crippen molar-refractivity contribution in [1.29, 1.82) is 5.26 Å². The molecule has 0 aromatic carbocycles. The molecular weight excluding hydrogens is 214 g/mol. The largest absolute Gasteiger partial charge is 0.339 e. The van der Waals surface area contributed by atoms with Gasteiger partial charge in [-0.2, -0.15) is 5.26 Å². The van der Waals surface area contributed by atoms with Crippen molar-refractivity contribution in [2.75, 3.05) is 13.1 Å². The number of carbonyl (C=O) groups excluding carboxylic acids is 1. The maximum Gasteiger partial charge on any atom is 0.255 e. The Morgan fingerprint density at radius 1 is 1.47 bits per heavy atom. The fourth-order valence-corrected chi connectivity index (χ4v) is 2.01. The van der Waals surface area contributed by atoms with Gasteiger partial charge in [-0.1, -0.05) is 6.92 Å². The molecular formula is C13H15N3O. The standard InChI is InChI=1S/C13H15N3O/c1-10-2-4-16(5-3-10)13(17)12-6-11(7-14)8-15-9-12/h6,8-10H,2-5H2,1H3. The number of likely N-dealkylation sites (tertiary alicyclic amines) is 1. The first kappa shape index (κ1) is 11.6. The topological polar surface area (TPSA) is 57.0 Å². The fraction of sp³-hybridized carbons (Fsp3) is 0.462. The molecule has 2 rings (SSSR count).